The van der Waals surface area contributed by atoms with Crippen LogP contribution in [0.15, 0.2) is 42.9 Å². The van der Waals surface area contributed by atoms with Gasteiger partial charge in [0.05, 0.1) is 35.0 Å². The molecule has 0 radical (unpaired) electrons. The Morgan fingerprint density at radius 1 is 1.30 bits per heavy atom. The fourth-order valence-electron chi connectivity index (χ4n) is 3.56. The number of pyridine rings is 1. The molecule has 0 aromatic carbocycles. The van der Waals surface area contributed by atoms with Crippen LogP contribution in [0.4, 0.5) is 10.2 Å². The molecule has 0 unspecified atom stereocenters. The summed E-state index contributed by atoms with van der Waals surface area (Å²) in [5.74, 6) is 0.0248. The Balaban J connectivity index is 1.72. The molecule has 8 nitrogen and oxygen atoms in total. The van der Waals surface area contributed by atoms with Gasteiger partial charge in [-0.3, -0.25) is 0 Å². The van der Waals surface area contributed by atoms with Gasteiger partial charge in [-0.25, -0.2) is 9.50 Å². The summed E-state index contributed by atoms with van der Waals surface area (Å²) in [5, 5.41) is 22.1. The topological polar surface area (TPSA) is 98.8 Å². The minimum Gasteiger partial charge on any atom is -0.348 e. The van der Waals surface area contributed by atoms with Crippen LogP contribution in [0.5, 0.6) is 0 Å². The fourth-order valence-corrected chi connectivity index (χ4v) is 3.56. The number of aromatic nitrogens is 6. The van der Waals surface area contributed by atoms with Crippen molar-refractivity contribution in [3.8, 4) is 6.07 Å². The maximum Gasteiger partial charge on any atom is 0.214 e. The van der Waals surface area contributed by atoms with Crippen molar-refractivity contribution in [2.45, 2.75) is 12.5 Å². The quantitative estimate of drug-likeness (QED) is 0.549. The van der Waals surface area contributed by atoms with Gasteiger partial charge in [-0.2, -0.15) is 19.8 Å². The molecule has 5 rings (SSSR count). The second kappa shape index (κ2) is 5.88. The van der Waals surface area contributed by atoms with Gasteiger partial charge in [-0.1, -0.05) is 6.07 Å². The second-order valence-corrected chi connectivity index (χ2v) is 6.25. The average Bonchev–Trinajstić information content (AvgIpc) is 3.34. The van der Waals surface area contributed by atoms with E-state index in [9.17, 15) is 9.65 Å². The molecule has 1 atom stereocenters. The molecule has 5 heterocycles. The van der Waals surface area contributed by atoms with Gasteiger partial charge in [0.15, 0.2) is 5.82 Å². The van der Waals surface area contributed by atoms with E-state index in [1.807, 2.05) is 11.0 Å². The van der Waals surface area contributed by atoms with Gasteiger partial charge >= 0.3 is 0 Å². The van der Waals surface area contributed by atoms with Gasteiger partial charge in [0.1, 0.15) is 12.1 Å². The van der Waals surface area contributed by atoms with Crippen LogP contribution in [0.2, 0.25) is 0 Å². The summed E-state index contributed by atoms with van der Waals surface area (Å²) in [7, 11) is 0. The number of rotatable bonds is 2. The number of hydrogen-bond donors (Lipinski definition) is 1. The van der Waals surface area contributed by atoms with Crippen LogP contribution in [0.3, 0.4) is 0 Å². The predicted octanol–water partition coefficient (Wildman–Crippen LogP) is 2.01. The molecule has 27 heavy (non-hydrogen) atoms. The van der Waals surface area contributed by atoms with E-state index in [1.165, 1.54) is 16.8 Å². The van der Waals surface area contributed by atoms with Crippen LogP contribution in [0.25, 0.3) is 5.52 Å². The maximum atomic E-state index is 14.1. The van der Waals surface area contributed by atoms with E-state index in [0.29, 0.717) is 29.1 Å². The van der Waals surface area contributed by atoms with Crippen molar-refractivity contribution >= 4 is 11.3 Å². The van der Waals surface area contributed by atoms with E-state index in [1.54, 1.807) is 24.5 Å². The van der Waals surface area contributed by atoms with Gasteiger partial charge in [-0.15, -0.1) is 5.10 Å². The molecule has 0 aliphatic carbocycles. The van der Waals surface area contributed by atoms with E-state index in [-0.39, 0.29) is 0 Å². The highest BCUT2D eigenvalue weighted by Gasteiger charge is 2.35. The summed E-state index contributed by atoms with van der Waals surface area (Å²) >= 11 is 0. The molecule has 0 saturated carbocycles. The Kier molecular flexibility index (Phi) is 3.36. The molecule has 0 amide bonds. The monoisotopic (exact) mass is 360 g/mol. The Bertz CT molecular complexity index is 1190. The molecular formula is C18H13FN8. The first kappa shape index (κ1) is 15.5. The summed E-state index contributed by atoms with van der Waals surface area (Å²) < 4.78 is 15.4. The van der Waals surface area contributed by atoms with Crippen molar-refractivity contribution in [3.05, 3.63) is 71.4 Å². The average molecular weight is 360 g/mol. The Labute approximate surface area is 152 Å². The number of anilines is 1. The van der Waals surface area contributed by atoms with E-state index in [4.69, 9.17) is 0 Å². The number of halogens is 1. The molecule has 0 spiro atoms. The Morgan fingerprint density at radius 2 is 2.22 bits per heavy atom. The van der Waals surface area contributed by atoms with Crippen molar-refractivity contribution in [2.24, 2.45) is 0 Å². The summed E-state index contributed by atoms with van der Waals surface area (Å²) in [4.78, 5) is 9.58. The van der Waals surface area contributed by atoms with Gasteiger partial charge in [0.2, 0.25) is 5.95 Å². The Hall–Kier alpha value is -3.80. The minimum atomic E-state index is -0.444. The zero-order valence-corrected chi connectivity index (χ0v) is 14.0. The first-order valence-electron chi connectivity index (χ1n) is 8.41. The first-order valence-corrected chi connectivity index (χ1v) is 8.41. The van der Waals surface area contributed by atoms with E-state index >= 15 is 0 Å². The smallest absolute Gasteiger partial charge is 0.214 e. The largest absolute Gasteiger partial charge is 0.348 e. The lowest BCUT2D eigenvalue weighted by atomic mass is 9.99. The van der Waals surface area contributed by atoms with Crippen molar-refractivity contribution < 1.29 is 4.39 Å². The summed E-state index contributed by atoms with van der Waals surface area (Å²) in [6, 6.07) is 10.0. The zero-order chi connectivity index (χ0) is 18.4. The SMILES string of the molecule is N#Cc1ccnnc1N1CCc2[nH]cnc2[C@@H]1c1cc2cccc(F)n2n1. The predicted molar refractivity (Wildman–Crippen MR) is 93.4 cm³/mol. The second-order valence-electron chi connectivity index (χ2n) is 6.25. The zero-order valence-electron chi connectivity index (χ0n) is 14.0. The van der Waals surface area contributed by atoms with Gasteiger partial charge < -0.3 is 9.88 Å². The third kappa shape index (κ3) is 2.34. The van der Waals surface area contributed by atoms with E-state index < -0.39 is 12.0 Å². The molecule has 0 saturated heterocycles. The summed E-state index contributed by atoms with van der Waals surface area (Å²) in [6.45, 7) is 0.601. The van der Waals surface area contributed by atoms with E-state index in [0.717, 1.165) is 17.8 Å². The summed E-state index contributed by atoms with van der Waals surface area (Å²) in [6.07, 6.45) is 3.84. The molecule has 1 aliphatic rings. The van der Waals surface area contributed by atoms with Gasteiger partial charge in [-0.05, 0) is 24.3 Å². The fraction of sp³-hybridized carbons (Fsp3) is 0.167. The number of nitrogens with one attached hydrogen (secondary N) is 1. The third-order valence-corrected chi connectivity index (χ3v) is 4.76. The molecule has 0 bridgehead atoms. The Morgan fingerprint density at radius 3 is 3.07 bits per heavy atom. The third-order valence-electron chi connectivity index (χ3n) is 4.76. The van der Waals surface area contributed by atoms with Crippen molar-refractivity contribution in [3.63, 3.8) is 0 Å². The highest BCUT2D eigenvalue weighted by atomic mass is 19.1. The molecule has 0 fully saturated rings. The molecule has 132 valence electrons. The molecule has 9 heteroatoms. The van der Waals surface area contributed by atoms with Crippen LogP contribution in [-0.2, 0) is 6.42 Å². The number of aromatic amines is 1. The molecular weight excluding hydrogens is 347 g/mol. The number of nitriles is 1. The highest BCUT2D eigenvalue weighted by molar-refractivity contribution is 5.58. The normalized spacial score (nSPS) is 16.3. The van der Waals surface area contributed by atoms with Gasteiger partial charge in [0, 0.05) is 18.7 Å². The highest BCUT2D eigenvalue weighted by Crippen LogP contribution is 2.36. The summed E-state index contributed by atoms with van der Waals surface area (Å²) in [5.41, 5.74) is 3.48. The number of H-pyrrole nitrogens is 1. The maximum absolute atomic E-state index is 14.1. The van der Waals surface area contributed by atoms with Gasteiger partial charge in [0.25, 0.3) is 0 Å². The van der Waals surface area contributed by atoms with Crippen LogP contribution in [0.1, 0.15) is 28.7 Å². The lowest BCUT2D eigenvalue weighted by Gasteiger charge is -2.34. The van der Waals surface area contributed by atoms with E-state index in [2.05, 4.69) is 31.3 Å². The number of imidazole rings is 1. The molecule has 4 aromatic rings. The van der Waals surface area contributed by atoms with Crippen molar-refractivity contribution in [1.82, 2.24) is 29.8 Å². The van der Waals surface area contributed by atoms with Crippen LogP contribution in [0, 0.1) is 17.3 Å². The number of fused-ring (bicyclic) bond motifs is 2. The van der Waals surface area contributed by atoms with Crippen LogP contribution < -0.4 is 4.90 Å². The molecule has 1 N–H and O–H groups in total. The first-order chi connectivity index (χ1) is 13.3. The van der Waals surface area contributed by atoms with Crippen LogP contribution >= 0.6 is 0 Å². The number of hydrogen-bond acceptors (Lipinski definition) is 6. The van der Waals surface area contributed by atoms with Crippen LogP contribution in [-0.4, -0.2) is 36.3 Å². The standard InChI is InChI=1S/C18H13FN8/c19-15-3-1-2-12-8-14(25-27(12)15)17-16-13(21-10-22-16)5-7-26(17)18-11(9-20)4-6-23-24-18/h1-4,6,8,10,17H,5,7H2,(H,21,22)/t17-/m0/s1. The van der Waals surface area contributed by atoms with Crippen molar-refractivity contribution in [2.75, 3.05) is 11.4 Å². The molecule has 1 aliphatic heterocycles. The lowest BCUT2D eigenvalue weighted by molar-refractivity contribution is 0.535. The number of nitrogens with zero attached hydrogens (tertiary/aromatic N) is 7. The minimum absolute atomic E-state index is 0.400. The lowest BCUT2D eigenvalue weighted by Crippen LogP contribution is -2.37. The van der Waals surface area contributed by atoms with Crippen molar-refractivity contribution in [1.29, 1.82) is 5.26 Å². The molecule has 4 aromatic heterocycles.